The molecule has 130 valence electrons. The van der Waals surface area contributed by atoms with Gasteiger partial charge in [0.25, 0.3) is 5.91 Å². The van der Waals surface area contributed by atoms with Gasteiger partial charge in [-0.25, -0.2) is 4.79 Å². The average molecular weight is 399 g/mol. The van der Waals surface area contributed by atoms with E-state index in [0.717, 1.165) is 0 Å². The second kappa shape index (κ2) is 8.15. The summed E-state index contributed by atoms with van der Waals surface area (Å²) in [6, 6.07) is 8.66. The second-order valence-corrected chi connectivity index (χ2v) is 6.00. The number of carbonyl (C=O) groups is 2. The standard InChI is InChI=1S/C16H12Cl2N2O4S/c1-24-13-5-3-9(17)7-10(13)14(21)20-16(25)19-12-6-8(15(22)23)2-4-11(12)18/h2-7H,1H3,(H,22,23)(H2,19,20,21,25). The Labute approximate surface area is 158 Å². The highest BCUT2D eigenvalue weighted by Gasteiger charge is 2.15. The average Bonchev–Trinajstić information content (AvgIpc) is 2.56. The van der Waals surface area contributed by atoms with Crippen molar-refractivity contribution in [3.05, 3.63) is 57.6 Å². The minimum absolute atomic E-state index is 0.0255. The van der Waals surface area contributed by atoms with E-state index < -0.39 is 11.9 Å². The van der Waals surface area contributed by atoms with Crippen LogP contribution in [-0.4, -0.2) is 29.2 Å². The molecule has 2 aromatic carbocycles. The molecule has 0 radical (unpaired) electrons. The Kier molecular flexibility index (Phi) is 6.19. The molecule has 0 saturated heterocycles. The van der Waals surface area contributed by atoms with E-state index in [0.29, 0.717) is 10.8 Å². The van der Waals surface area contributed by atoms with Crippen molar-refractivity contribution in [2.24, 2.45) is 0 Å². The minimum Gasteiger partial charge on any atom is -0.496 e. The van der Waals surface area contributed by atoms with Crippen LogP contribution in [0.15, 0.2) is 36.4 Å². The van der Waals surface area contributed by atoms with E-state index in [1.54, 1.807) is 12.1 Å². The van der Waals surface area contributed by atoms with Crippen LogP contribution in [0.3, 0.4) is 0 Å². The molecule has 2 aromatic rings. The molecule has 2 rings (SSSR count). The molecule has 0 heterocycles. The summed E-state index contributed by atoms with van der Waals surface area (Å²) in [7, 11) is 1.42. The number of rotatable bonds is 4. The summed E-state index contributed by atoms with van der Waals surface area (Å²) in [5.74, 6) is -1.32. The summed E-state index contributed by atoms with van der Waals surface area (Å²) >= 11 is 17.0. The lowest BCUT2D eigenvalue weighted by molar-refractivity contribution is 0.0696. The number of amides is 1. The summed E-state index contributed by atoms with van der Waals surface area (Å²) in [6.45, 7) is 0. The molecule has 0 aromatic heterocycles. The van der Waals surface area contributed by atoms with E-state index in [1.165, 1.54) is 31.4 Å². The molecule has 1 amide bonds. The lowest BCUT2D eigenvalue weighted by atomic mass is 10.2. The van der Waals surface area contributed by atoms with E-state index in [9.17, 15) is 9.59 Å². The van der Waals surface area contributed by atoms with Crippen LogP contribution in [0.1, 0.15) is 20.7 Å². The van der Waals surface area contributed by atoms with Gasteiger partial charge in [0.2, 0.25) is 0 Å². The van der Waals surface area contributed by atoms with Gasteiger partial charge < -0.3 is 15.2 Å². The third kappa shape index (κ3) is 4.82. The van der Waals surface area contributed by atoms with E-state index in [2.05, 4.69) is 10.6 Å². The van der Waals surface area contributed by atoms with E-state index in [-0.39, 0.29) is 26.9 Å². The summed E-state index contributed by atoms with van der Waals surface area (Å²) in [5.41, 5.74) is 0.479. The molecule has 0 atom stereocenters. The summed E-state index contributed by atoms with van der Waals surface area (Å²) in [6.07, 6.45) is 0. The predicted molar refractivity (Wildman–Crippen MR) is 100 cm³/mol. The Hall–Kier alpha value is -2.35. The fourth-order valence-electron chi connectivity index (χ4n) is 1.94. The van der Waals surface area contributed by atoms with Crippen LogP contribution in [-0.2, 0) is 0 Å². The molecule has 0 spiro atoms. The van der Waals surface area contributed by atoms with Gasteiger partial charge in [-0.2, -0.15) is 0 Å². The highest BCUT2D eigenvalue weighted by atomic mass is 35.5. The van der Waals surface area contributed by atoms with Gasteiger partial charge in [-0.05, 0) is 48.6 Å². The Bertz CT molecular complexity index is 858. The van der Waals surface area contributed by atoms with Crippen LogP contribution >= 0.6 is 35.4 Å². The van der Waals surface area contributed by atoms with Crippen LogP contribution in [0.2, 0.25) is 10.0 Å². The molecule has 0 aliphatic rings. The molecule has 0 unspecified atom stereocenters. The van der Waals surface area contributed by atoms with Crippen molar-refractivity contribution in [2.45, 2.75) is 0 Å². The molecule has 3 N–H and O–H groups in total. The number of hydrogen-bond donors (Lipinski definition) is 3. The molecule has 9 heteroatoms. The number of methoxy groups -OCH3 is 1. The van der Waals surface area contributed by atoms with E-state index in [1.807, 2.05) is 0 Å². The molecule has 0 aliphatic carbocycles. The van der Waals surface area contributed by atoms with Crippen LogP contribution in [0.25, 0.3) is 0 Å². The highest BCUT2D eigenvalue weighted by Crippen LogP contribution is 2.24. The Balaban J connectivity index is 2.15. The largest absolute Gasteiger partial charge is 0.496 e. The van der Waals surface area contributed by atoms with Crippen LogP contribution in [0, 0.1) is 0 Å². The van der Waals surface area contributed by atoms with Crippen LogP contribution in [0.4, 0.5) is 5.69 Å². The third-order valence-electron chi connectivity index (χ3n) is 3.09. The molecular weight excluding hydrogens is 387 g/mol. The monoisotopic (exact) mass is 398 g/mol. The Morgan fingerprint density at radius 2 is 1.88 bits per heavy atom. The normalized spacial score (nSPS) is 10.0. The molecule has 0 bridgehead atoms. The number of carbonyl (C=O) groups excluding carboxylic acids is 1. The van der Waals surface area contributed by atoms with Gasteiger partial charge >= 0.3 is 5.97 Å². The van der Waals surface area contributed by atoms with Crippen molar-refractivity contribution in [2.75, 3.05) is 12.4 Å². The zero-order valence-electron chi connectivity index (χ0n) is 12.8. The number of thiocarbonyl (C=S) groups is 1. The molecule has 0 fully saturated rings. The number of benzene rings is 2. The van der Waals surface area contributed by atoms with Gasteiger partial charge in [-0.1, -0.05) is 23.2 Å². The van der Waals surface area contributed by atoms with Crippen molar-refractivity contribution in [1.82, 2.24) is 5.32 Å². The lowest BCUT2D eigenvalue weighted by Crippen LogP contribution is -2.34. The van der Waals surface area contributed by atoms with E-state index in [4.69, 9.17) is 45.3 Å². The van der Waals surface area contributed by atoms with Crippen molar-refractivity contribution in [3.63, 3.8) is 0 Å². The highest BCUT2D eigenvalue weighted by molar-refractivity contribution is 7.80. The first-order valence-corrected chi connectivity index (χ1v) is 7.97. The lowest BCUT2D eigenvalue weighted by Gasteiger charge is -2.13. The smallest absolute Gasteiger partial charge is 0.335 e. The number of anilines is 1. The minimum atomic E-state index is -1.11. The number of aromatic carboxylic acids is 1. The third-order valence-corrected chi connectivity index (χ3v) is 3.86. The Morgan fingerprint density at radius 1 is 1.16 bits per heavy atom. The zero-order valence-corrected chi connectivity index (χ0v) is 15.1. The second-order valence-electron chi connectivity index (χ2n) is 4.75. The summed E-state index contributed by atoms with van der Waals surface area (Å²) in [5, 5.41) is 14.7. The molecule has 25 heavy (non-hydrogen) atoms. The fourth-order valence-corrected chi connectivity index (χ4v) is 2.48. The molecule has 0 aliphatic heterocycles. The van der Waals surface area contributed by atoms with Gasteiger partial charge in [0.15, 0.2) is 5.11 Å². The maximum absolute atomic E-state index is 12.3. The van der Waals surface area contributed by atoms with Crippen molar-refractivity contribution in [3.8, 4) is 5.75 Å². The van der Waals surface area contributed by atoms with E-state index >= 15 is 0 Å². The van der Waals surface area contributed by atoms with Gasteiger partial charge in [-0.15, -0.1) is 0 Å². The molecular formula is C16H12Cl2N2O4S. The maximum atomic E-state index is 12.3. The fraction of sp³-hybridized carbons (Fsp3) is 0.0625. The predicted octanol–water partition coefficient (Wildman–Crippen LogP) is 3.83. The number of halogens is 2. The number of carboxylic acid groups (broad SMARTS) is 1. The van der Waals surface area contributed by atoms with Gasteiger partial charge in [0.05, 0.1) is 28.9 Å². The SMILES string of the molecule is COc1ccc(Cl)cc1C(=O)NC(=S)Nc1cc(C(=O)O)ccc1Cl. The topological polar surface area (TPSA) is 87.7 Å². The van der Waals surface area contributed by atoms with Crippen molar-refractivity contribution >= 4 is 58.1 Å². The first-order chi connectivity index (χ1) is 11.8. The number of carboxylic acids is 1. The number of ether oxygens (including phenoxy) is 1. The summed E-state index contributed by atoms with van der Waals surface area (Å²) < 4.78 is 5.11. The molecule has 0 saturated carbocycles. The number of nitrogens with one attached hydrogen (secondary N) is 2. The van der Waals surface area contributed by atoms with Crippen LogP contribution < -0.4 is 15.4 Å². The van der Waals surface area contributed by atoms with Gasteiger partial charge in [-0.3, -0.25) is 10.1 Å². The quantitative estimate of drug-likeness (QED) is 0.678. The summed E-state index contributed by atoms with van der Waals surface area (Å²) in [4.78, 5) is 23.3. The van der Waals surface area contributed by atoms with Crippen molar-refractivity contribution in [1.29, 1.82) is 0 Å². The number of hydrogen-bond acceptors (Lipinski definition) is 4. The van der Waals surface area contributed by atoms with Gasteiger partial charge in [0.1, 0.15) is 5.75 Å². The Morgan fingerprint density at radius 3 is 2.52 bits per heavy atom. The maximum Gasteiger partial charge on any atom is 0.335 e. The first kappa shape index (κ1) is 19.0. The zero-order chi connectivity index (χ0) is 18.6. The molecule has 6 nitrogen and oxygen atoms in total. The van der Waals surface area contributed by atoms with Crippen LogP contribution in [0.5, 0.6) is 5.75 Å². The van der Waals surface area contributed by atoms with Crippen molar-refractivity contribution < 1.29 is 19.4 Å². The van der Waals surface area contributed by atoms with Gasteiger partial charge in [0, 0.05) is 5.02 Å². The first-order valence-electron chi connectivity index (χ1n) is 6.80.